The number of anilines is 1. The van der Waals surface area contributed by atoms with Crippen molar-refractivity contribution in [2.75, 3.05) is 32.2 Å². The van der Waals surface area contributed by atoms with Crippen molar-refractivity contribution in [2.45, 2.75) is 44.7 Å². The zero-order chi connectivity index (χ0) is 45.5. The second-order valence-corrected chi connectivity index (χ2v) is 15.3. The second-order valence-electron chi connectivity index (χ2n) is 14.4. The van der Waals surface area contributed by atoms with Crippen LogP contribution in [0.25, 0.3) is 22.3 Å². The predicted octanol–water partition coefficient (Wildman–Crippen LogP) is 9.33. The van der Waals surface area contributed by atoms with Crippen LogP contribution >= 0.6 is 23.2 Å². The molecule has 0 radical (unpaired) electrons. The Labute approximate surface area is 374 Å². The Kier molecular flexibility index (Phi) is 17.4. The maximum atomic E-state index is 12.9. The molecule has 8 rings (SSSR count). The number of hydrogen-bond acceptors (Lipinski definition) is 9. The third-order valence-corrected chi connectivity index (χ3v) is 10.4. The molecule has 4 N–H and O–H groups in total. The van der Waals surface area contributed by atoms with Crippen LogP contribution in [0.3, 0.4) is 0 Å². The van der Waals surface area contributed by atoms with Gasteiger partial charge in [0, 0.05) is 47.0 Å². The Morgan fingerprint density at radius 1 is 0.698 bits per heavy atom. The Hall–Kier alpha value is -6.54. The highest BCUT2D eigenvalue weighted by molar-refractivity contribution is 6.31. The molecular formula is C48H47Cl2FN4O8. The van der Waals surface area contributed by atoms with Crippen molar-refractivity contribution in [1.82, 2.24) is 15.3 Å². The summed E-state index contributed by atoms with van der Waals surface area (Å²) in [6, 6.07) is 33.7. The molecule has 0 aliphatic carbocycles. The number of carboxylic acids is 3. The van der Waals surface area contributed by atoms with E-state index in [0.717, 1.165) is 82.4 Å². The van der Waals surface area contributed by atoms with Crippen LogP contribution in [0.2, 0.25) is 10.0 Å². The number of aliphatic carboxylic acids is 3. The molecule has 0 spiro atoms. The zero-order valence-corrected chi connectivity index (χ0v) is 36.3. The minimum Gasteiger partial charge on any atom is -0.496 e. The number of benzene rings is 4. The van der Waals surface area contributed by atoms with Crippen molar-refractivity contribution in [3.63, 3.8) is 0 Å². The molecule has 63 heavy (non-hydrogen) atoms. The maximum absolute atomic E-state index is 12.9. The number of aromatic nitrogens is 2. The first-order chi connectivity index (χ1) is 30.2. The van der Waals surface area contributed by atoms with Crippen LogP contribution < -0.4 is 19.7 Å². The van der Waals surface area contributed by atoms with Crippen LogP contribution in [-0.2, 0) is 27.2 Å². The normalized spacial score (nSPS) is 14.7. The van der Waals surface area contributed by atoms with Gasteiger partial charge >= 0.3 is 11.9 Å². The highest BCUT2D eigenvalue weighted by atomic mass is 35.5. The van der Waals surface area contributed by atoms with Gasteiger partial charge in [0.15, 0.2) is 0 Å². The van der Waals surface area contributed by atoms with Crippen LogP contribution in [-0.4, -0.2) is 82.6 Å². The van der Waals surface area contributed by atoms with E-state index in [2.05, 4.69) is 27.4 Å². The Morgan fingerprint density at radius 2 is 1.19 bits per heavy atom. The van der Waals surface area contributed by atoms with E-state index < -0.39 is 29.9 Å². The minimum absolute atomic E-state index is 0.250. The topological polar surface area (TPSA) is 171 Å². The molecular weight excluding hydrogens is 850 g/mol. The first kappa shape index (κ1) is 47.5. The van der Waals surface area contributed by atoms with Gasteiger partial charge in [-0.25, -0.2) is 14.8 Å². The van der Waals surface area contributed by atoms with E-state index >= 15 is 0 Å². The highest BCUT2D eigenvalue weighted by Crippen LogP contribution is 2.34. The van der Waals surface area contributed by atoms with Crippen LogP contribution in [0, 0.1) is 5.95 Å². The Balaban J connectivity index is 0.000000195. The van der Waals surface area contributed by atoms with E-state index in [4.69, 9.17) is 47.7 Å². The summed E-state index contributed by atoms with van der Waals surface area (Å²) >= 11 is 12.2. The predicted molar refractivity (Wildman–Crippen MR) is 242 cm³/mol. The van der Waals surface area contributed by atoms with E-state index in [1.54, 1.807) is 26.5 Å². The van der Waals surface area contributed by atoms with Crippen LogP contribution in [0.15, 0.2) is 122 Å². The molecule has 0 amide bonds. The van der Waals surface area contributed by atoms with E-state index in [-0.39, 0.29) is 6.04 Å². The lowest BCUT2D eigenvalue weighted by Gasteiger charge is -2.38. The molecule has 2 fully saturated rings. The number of pyridine rings is 2. The molecule has 0 bridgehead atoms. The zero-order valence-electron chi connectivity index (χ0n) is 34.8. The minimum atomic E-state index is -0.833. The lowest BCUT2D eigenvalue weighted by molar-refractivity contribution is -0.141. The van der Waals surface area contributed by atoms with E-state index in [1.165, 1.54) is 6.07 Å². The SMILES string of the molecule is CC(=O)O.COc1ccc(Cc2ccc(F)nc2)cc1-c1cccc(Cl)c1.COc1ccc(Cc2ccc(N3CCC3C(=O)O)nc2)cc1-c1cccc(Cl)c1.O=C(O)C1CCN1. The van der Waals surface area contributed by atoms with Crippen molar-refractivity contribution in [1.29, 1.82) is 0 Å². The van der Waals surface area contributed by atoms with Crippen molar-refractivity contribution >= 4 is 46.9 Å². The number of rotatable bonds is 11. The summed E-state index contributed by atoms with van der Waals surface area (Å²) < 4.78 is 23.9. The smallest absolute Gasteiger partial charge is 0.326 e. The summed E-state index contributed by atoms with van der Waals surface area (Å²) in [5.74, 6) is -0.541. The molecule has 4 aromatic carbocycles. The summed E-state index contributed by atoms with van der Waals surface area (Å²) in [4.78, 5) is 40.1. The molecule has 2 aliphatic heterocycles. The van der Waals surface area contributed by atoms with Gasteiger partial charge in [-0.1, -0.05) is 71.7 Å². The first-order valence-electron chi connectivity index (χ1n) is 19.8. The summed E-state index contributed by atoms with van der Waals surface area (Å²) in [5, 5.41) is 28.9. The maximum Gasteiger partial charge on any atom is 0.326 e. The van der Waals surface area contributed by atoms with Gasteiger partial charge < -0.3 is 35.0 Å². The van der Waals surface area contributed by atoms with Crippen LogP contribution in [0.5, 0.6) is 11.5 Å². The number of ether oxygens (including phenoxy) is 2. The van der Waals surface area contributed by atoms with Crippen LogP contribution in [0.1, 0.15) is 42.0 Å². The highest BCUT2D eigenvalue weighted by Gasteiger charge is 2.34. The van der Waals surface area contributed by atoms with Gasteiger partial charge in [0.05, 0.1) is 14.2 Å². The fourth-order valence-electron chi connectivity index (χ4n) is 6.58. The first-order valence-corrected chi connectivity index (χ1v) is 20.6. The fourth-order valence-corrected chi connectivity index (χ4v) is 6.97. The lowest BCUT2D eigenvalue weighted by atomic mass is 9.98. The number of halogens is 3. The molecule has 2 saturated heterocycles. The Bertz CT molecular complexity index is 2480. The Morgan fingerprint density at radius 3 is 1.52 bits per heavy atom. The molecule has 2 atom stereocenters. The molecule has 12 nitrogen and oxygen atoms in total. The number of carboxylic acid groups (broad SMARTS) is 3. The van der Waals surface area contributed by atoms with Gasteiger partial charge in [0.25, 0.3) is 5.97 Å². The lowest BCUT2D eigenvalue weighted by Crippen LogP contribution is -2.52. The number of carbonyl (C=O) groups is 3. The number of hydrogen-bond donors (Lipinski definition) is 4. The molecule has 4 heterocycles. The van der Waals surface area contributed by atoms with Gasteiger partial charge in [-0.2, -0.15) is 4.39 Å². The largest absolute Gasteiger partial charge is 0.496 e. The van der Waals surface area contributed by atoms with E-state index in [0.29, 0.717) is 35.1 Å². The quantitative estimate of drug-likeness (QED) is 0.0910. The van der Waals surface area contributed by atoms with Gasteiger partial charge in [0.2, 0.25) is 5.95 Å². The molecule has 2 aromatic heterocycles. The molecule has 2 unspecified atom stereocenters. The molecule has 15 heteroatoms. The third kappa shape index (κ3) is 14.0. The monoisotopic (exact) mass is 896 g/mol. The van der Waals surface area contributed by atoms with Crippen molar-refractivity contribution in [2.24, 2.45) is 0 Å². The second kappa shape index (κ2) is 23.1. The molecule has 2 aliphatic rings. The average Bonchev–Trinajstić information content (AvgIpc) is 3.21. The van der Waals surface area contributed by atoms with Crippen molar-refractivity contribution in [3.8, 4) is 33.8 Å². The third-order valence-electron chi connectivity index (χ3n) is 9.93. The van der Waals surface area contributed by atoms with Gasteiger partial charge in [0.1, 0.15) is 29.4 Å². The summed E-state index contributed by atoms with van der Waals surface area (Å²) in [6.45, 7) is 2.67. The van der Waals surface area contributed by atoms with E-state index in [9.17, 15) is 19.1 Å². The number of nitrogens with zero attached hydrogens (tertiary/aromatic N) is 3. The van der Waals surface area contributed by atoms with Gasteiger partial charge in [-0.3, -0.25) is 9.59 Å². The molecule has 328 valence electrons. The van der Waals surface area contributed by atoms with Crippen molar-refractivity contribution in [3.05, 3.63) is 160 Å². The summed E-state index contributed by atoms with van der Waals surface area (Å²) in [7, 11) is 3.30. The van der Waals surface area contributed by atoms with Gasteiger partial charge in [-0.05, 0) is 126 Å². The average molecular weight is 898 g/mol. The fraction of sp³-hybridized carbons (Fsp3) is 0.229. The number of methoxy groups -OCH3 is 2. The summed E-state index contributed by atoms with van der Waals surface area (Å²) in [5.41, 5.74) is 8.19. The van der Waals surface area contributed by atoms with E-state index in [1.807, 2.05) is 96.0 Å². The summed E-state index contributed by atoms with van der Waals surface area (Å²) in [6.07, 6.45) is 6.21. The molecule has 6 aromatic rings. The standard InChI is InChI=1S/C23H21ClN2O3.C19H15ClFNO.C4H7NO2.C2H4O2/c1-29-21-7-5-15(12-19(21)17-3-2-4-18(24)13-17)11-16-6-8-22(25-14-16)26-10-9-20(26)23(27)28;1-23-18-7-5-13(9-14-6-8-19(21)22-12-14)10-17(18)15-3-2-4-16(20)11-15;6-4(7)3-1-2-5-3;1-2(3)4/h2-8,12-14,20H,9-11H2,1H3,(H,27,28);2-8,10-12H,9H2,1H3;3,5H,1-2H2,(H,6,7);1H3,(H,3,4). The number of nitrogens with one attached hydrogen (secondary N) is 1. The van der Waals surface area contributed by atoms with Crippen LogP contribution in [0.4, 0.5) is 10.2 Å². The van der Waals surface area contributed by atoms with Crippen molar-refractivity contribution < 1.29 is 43.6 Å². The van der Waals surface area contributed by atoms with Gasteiger partial charge in [-0.15, -0.1) is 0 Å². The molecule has 0 saturated carbocycles.